The van der Waals surface area contributed by atoms with Gasteiger partial charge >= 0.3 is 53.7 Å². The summed E-state index contributed by atoms with van der Waals surface area (Å²) in [5.74, 6) is -7.74. The fourth-order valence-corrected chi connectivity index (χ4v) is 10.2. The van der Waals surface area contributed by atoms with E-state index in [0.717, 1.165) is 34.6 Å². The van der Waals surface area contributed by atoms with E-state index in [1.165, 1.54) is 43.5 Å². The number of carbonyl (C=O) groups excluding carboxylic acids is 9. The summed E-state index contributed by atoms with van der Waals surface area (Å²) in [6.45, 7) is 9.80. The van der Waals surface area contributed by atoms with E-state index in [0.29, 0.717) is 11.8 Å². The monoisotopic (exact) mass is 1240 g/mol. The van der Waals surface area contributed by atoms with E-state index in [2.05, 4.69) is 19.6 Å². The first kappa shape index (κ1) is 67.4. The molecule has 0 unspecified atom stereocenters. The summed E-state index contributed by atoms with van der Waals surface area (Å²) in [7, 11) is -0.299. The van der Waals surface area contributed by atoms with E-state index >= 15 is 0 Å². The number of benzene rings is 4. The standard InChI is InChI=1S/C62H72O25Si/c1-35(63)74-33-48-50(77-37(3)65)52(78-38(4)66)54(79-39(5)67)62(84-48)87-51-49(34-75-36(2)64)83-61(55(86-59(71)42-23-17-12-18-24-42)53(51)85-58(70)41-21-15-11-16-22-41)81-45-31-46(80-57(69)40-19-13-10-14-20-40)60(73-29-30-88(7,8)9)82-47(45)32-76-56(68)43-25-27-44(72-6)28-26-43/h10-28,45-55,60-62H,29-34H2,1-9H3/t45-,46+,47+,48+,49+,50-,51-,52-,53-,54+,55+,60+,61+,62+/m0/s1. The number of ether oxygens (including phenoxy) is 16. The van der Waals surface area contributed by atoms with Gasteiger partial charge < -0.3 is 75.8 Å². The first-order valence-corrected chi connectivity index (χ1v) is 31.9. The van der Waals surface area contributed by atoms with E-state index in [1.807, 2.05) is 0 Å². The van der Waals surface area contributed by atoms with Gasteiger partial charge in [-0.05, 0) is 66.7 Å². The van der Waals surface area contributed by atoms with Crippen molar-refractivity contribution in [1.29, 1.82) is 0 Å². The summed E-state index contributed by atoms with van der Waals surface area (Å²) in [5, 5.41) is 0. The summed E-state index contributed by atoms with van der Waals surface area (Å²) in [5.41, 5.74) is 0.252. The molecule has 0 radical (unpaired) electrons. The zero-order valence-corrected chi connectivity index (χ0v) is 51.0. The minimum Gasteiger partial charge on any atom is -0.497 e. The largest absolute Gasteiger partial charge is 0.497 e. The molecule has 88 heavy (non-hydrogen) atoms. The van der Waals surface area contributed by atoms with Crippen LogP contribution in [0.3, 0.4) is 0 Å². The van der Waals surface area contributed by atoms with Gasteiger partial charge in [0, 0.05) is 55.7 Å². The van der Waals surface area contributed by atoms with Crippen LogP contribution < -0.4 is 4.74 Å². The molecule has 3 saturated heterocycles. The van der Waals surface area contributed by atoms with Gasteiger partial charge in [-0.25, -0.2) is 19.2 Å². The summed E-state index contributed by atoms with van der Waals surface area (Å²) >= 11 is 0. The molecular formula is C62H72O25Si. The maximum Gasteiger partial charge on any atom is 0.338 e. The lowest BCUT2D eigenvalue weighted by atomic mass is 9.95. The average Bonchev–Trinajstić information content (AvgIpc) is 1.26. The van der Waals surface area contributed by atoms with E-state index in [1.54, 1.807) is 78.9 Å². The Hall–Kier alpha value is -8.11. The van der Waals surface area contributed by atoms with Gasteiger partial charge in [0.15, 0.2) is 55.5 Å². The number of carbonyl (C=O) groups is 9. The number of hydrogen-bond donors (Lipinski definition) is 0. The molecule has 0 spiro atoms. The van der Waals surface area contributed by atoms with E-state index in [4.69, 9.17) is 75.8 Å². The van der Waals surface area contributed by atoms with Gasteiger partial charge in [0.05, 0.1) is 35.5 Å². The highest BCUT2D eigenvalue weighted by molar-refractivity contribution is 6.76. The topological polar surface area (TPSA) is 301 Å². The van der Waals surface area contributed by atoms with Crippen LogP contribution in [0.2, 0.25) is 25.7 Å². The Balaban J connectivity index is 1.38. The highest BCUT2D eigenvalue weighted by Crippen LogP contribution is 2.38. The third-order valence-corrected chi connectivity index (χ3v) is 15.4. The second-order valence-corrected chi connectivity index (χ2v) is 27.4. The molecule has 0 aliphatic carbocycles. The molecule has 14 atom stereocenters. The van der Waals surface area contributed by atoms with Crippen molar-refractivity contribution >= 4 is 61.8 Å². The van der Waals surface area contributed by atoms with Crippen molar-refractivity contribution in [1.82, 2.24) is 0 Å². The highest BCUT2D eigenvalue weighted by atomic mass is 28.3. The lowest BCUT2D eigenvalue weighted by Crippen LogP contribution is -2.68. The van der Waals surface area contributed by atoms with E-state index in [-0.39, 0.29) is 35.3 Å². The smallest absolute Gasteiger partial charge is 0.338 e. The average molecular weight is 1250 g/mol. The highest BCUT2D eigenvalue weighted by Gasteiger charge is 2.59. The predicted octanol–water partition coefficient (Wildman–Crippen LogP) is 6.14. The lowest BCUT2D eigenvalue weighted by Gasteiger charge is -2.49. The molecule has 0 saturated carbocycles. The summed E-state index contributed by atoms with van der Waals surface area (Å²) < 4.78 is 97.7. The number of rotatable bonds is 25. The van der Waals surface area contributed by atoms with E-state index in [9.17, 15) is 43.2 Å². The number of methoxy groups -OCH3 is 1. The molecule has 3 aliphatic rings. The minimum atomic E-state index is -2.01. The Morgan fingerprint density at radius 3 is 1.31 bits per heavy atom. The third kappa shape index (κ3) is 19.4. The van der Waals surface area contributed by atoms with Crippen LogP contribution in [-0.2, 0) is 95.0 Å². The quantitative estimate of drug-likeness (QED) is 0.0409. The zero-order valence-electron chi connectivity index (χ0n) is 50.0. The number of esters is 9. The van der Waals surface area contributed by atoms with E-state index < -0.39 is 168 Å². The molecule has 0 amide bonds. The molecule has 4 aromatic carbocycles. The van der Waals surface area contributed by atoms with Crippen molar-refractivity contribution < 1.29 is 119 Å². The van der Waals surface area contributed by atoms with Crippen LogP contribution in [0.25, 0.3) is 0 Å². The van der Waals surface area contributed by atoms with Crippen molar-refractivity contribution in [2.24, 2.45) is 0 Å². The zero-order chi connectivity index (χ0) is 63.7. The van der Waals surface area contributed by atoms with Gasteiger partial charge in [0.25, 0.3) is 0 Å². The fraction of sp³-hybridized carbons (Fsp3) is 0.468. The van der Waals surface area contributed by atoms with Crippen molar-refractivity contribution in [3.8, 4) is 5.75 Å². The predicted molar refractivity (Wildman–Crippen MR) is 305 cm³/mol. The molecular weight excluding hydrogens is 1170 g/mol. The fourth-order valence-electron chi connectivity index (χ4n) is 9.51. The van der Waals surface area contributed by atoms with Gasteiger partial charge in [-0.1, -0.05) is 74.2 Å². The Morgan fingerprint density at radius 2 is 0.818 bits per heavy atom. The summed E-state index contributed by atoms with van der Waals surface area (Å²) in [6.07, 6.45) is -24.0. The van der Waals surface area contributed by atoms with Gasteiger partial charge in [-0.3, -0.25) is 24.0 Å². The molecule has 0 N–H and O–H groups in total. The van der Waals surface area contributed by atoms with Gasteiger partial charge in [0.2, 0.25) is 0 Å². The lowest BCUT2D eigenvalue weighted by molar-refractivity contribution is -0.370. The third-order valence-electron chi connectivity index (χ3n) is 13.7. The first-order chi connectivity index (χ1) is 42.0. The Bertz CT molecular complexity index is 3010. The molecule has 0 bridgehead atoms. The molecule has 26 heteroatoms. The Kier molecular flexibility index (Phi) is 24.3. The van der Waals surface area contributed by atoms with Gasteiger partial charge in [-0.2, -0.15) is 0 Å². The van der Waals surface area contributed by atoms with Crippen LogP contribution in [-0.4, -0.2) is 181 Å². The SMILES string of the molecule is COc1ccc(C(=O)OC[C@H]2O[C@@H](OCC[Si](C)(C)C)[C@H](OC(=O)c3ccccc3)C[C@@H]2O[C@@H]2O[C@H](COC(C)=O)[C@H](O[C@H]3O[C@H](COC(C)=O)[C@H](OC(C)=O)[C@H](OC(C)=O)[C@H]3OC(C)=O)[C@H](OC(=O)c3ccccc3)[C@H]2OC(=O)c2ccccc2)cc1. The van der Waals surface area contributed by atoms with Crippen LogP contribution in [0.1, 0.15) is 82.5 Å². The molecule has 25 nitrogen and oxygen atoms in total. The number of hydrogen-bond acceptors (Lipinski definition) is 25. The van der Waals surface area contributed by atoms with Crippen LogP contribution in [0.5, 0.6) is 5.75 Å². The van der Waals surface area contributed by atoms with Crippen molar-refractivity contribution in [3.05, 3.63) is 138 Å². The summed E-state index contributed by atoms with van der Waals surface area (Å²) in [6, 6.07) is 30.0. The molecule has 3 heterocycles. The second kappa shape index (κ2) is 31.7. The van der Waals surface area contributed by atoms with Crippen LogP contribution >= 0.6 is 0 Å². The van der Waals surface area contributed by atoms with Crippen molar-refractivity contribution in [3.63, 3.8) is 0 Å². The first-order valence-electron chi connectivity index (χ1n) is 28.2. The maximum atomic E-state index is 14.7. The van der Waals surface area contributed by atoms with Gasteiger partial charge in [0.1, 0.15) is 50.0 Å². The Labute approximate surface area is 508 Å². The van der Waals surface area contributed by atoms with Crippen LogP contribution in [0, 0.1) is 0 Å². The molecule has 4 aromatic rings. The molecule has 3 aliphatic heterocycles. The van der Waals surface area contributed by atoms with Crippen LogP contribution in [0.15, 0.2) is 115 Å². The normalized spacial score (nSPS) is 25.9. The second-order valence-electron chi connectivity index (χ2n) is 21.8. The molecule has 3 fully saturated rings. The maximum absolute atomic E-state index is 14.7. The minimum absolute atomic E-state index is 0.0241. The van der Waals surface area contributed by atoms with Crippen molar-refractivity contribution in [2.45, 2.75) is 153 Å². The Morgan fingerprint density at radius 1 is 0.409 bits per heavy atom. The molecule has 7 rings (SSSR count). The molecule has 474 valence electrons. The van der Waals surface area contributed by atoms with Gasteiger partial charge in [-0.15, -0.1) is 0 Å². The summed E-state index contributed by atoms with van der Waals surface area (Å²) in [4.78, 5) is 121. The van der Waals surface area contributed by atoms with Crippen LogP contribution in [0.4, 0.5) is 0 Å². The van der Waals surface area contributed by atoms with Crippen molar-refractivity contribution in [2.75, 3.05) is 33.5 Å². The molecule has 0 aromatic heterocycles.